The van der Waals surface area contributed by atoms with Crippen molar-refractivity contribution in [2.45, 2.75) is 45.1 Å². The lowest BCUT2D eigenvalue weighted by Gasteiger charge is -2.26. The molecular weight excluding hydrogens is 258 g/mol. The number of nitrogens with zero attached hydrogens (tertiary/aromatic N) is 2. The third-order valence-electron chi connectivity index (χ3n) is 4.12. The first-order valence-electron chi connectivity index (χ1n) is 6.96. The van der Waals surface area contributed by atoms with E-state index in [0.29, 0.717) is 13.0 Å². The van der Waals surface area contributed by atoms with Crippen LogP contribution in [0.1, 0.15) is 44.2 Å². The molecule has 1 heterocycles. The molecule has 6 nitrogen and oxygen atoms in total. The summed E-state index contributed by atoms with van der Waals surface area (Å²) in [5.74, 6) is -0.888. The number of carboxylic acids is 1. The van der Waals surface area contributed by atoms with Crippen LogP contribution in [0.15, 0.2) is 12.3 Å². The maximum absolute atomic E-state index is 12.1. The highest BCUT2D eigenvalue weighted by Gasteiger charge is 2.37. The fraction of sp³-hybridized carbons (Fsp3) is 0.643. The molecule has 0 aliphatic heterocycles. The molecule has 0 aromatic carbocycles. The molecule has 6 heteroatoms. The van der Waals surface area contributed by atoms with Crippen molar-refractivity contribution < 1.29 is 14.7 Å². The van der Waals surface area contributed by atoms with Gasteiger partial charge in [-0.3, -0.25) is 14.3 Å². The van der Waals surface area contributed by atoms with Crippen LogP contribution in [-0.4, -0.2) is 26.8 Å². The zero-order chi connectivity index (χ0) is 14.6. The van der Waals surface area contributed by atoms with E-state index in [1.807, 2.05) is 13.1 Å². The van der Waals surface area contributed by atoms with E-state index < -0.39 is 5.97 Å². The van der Waals surface area contributed by atoms with E-state index in [-0.39, 0.29) is 17.7 Å². The van der Waals surface area contributed by atoms with E-state index in [1.165, 1.54) is 0 Å². The lowest BCUT2D eigenvalue weighted by atomic mass is 9.79. The van der Waals surface area contributed by atoms with Crippen LogP contribution in [-0.2, 0) is 23.2 Å². The average molecular weight is 279 g/mol. The molecule has 110 valence electrons. The summed E-state index contributed by atoms with van der Waals surface area (Å²) in [5, 5.41) is 15.9. The predicted octanol–water partition coefficient (Wildman–Crippen LogP) is 1.46. The van der Waals surface area contributed by atoms with E-state index in [1.54, 1.807) is 10.9 Å². The van der Waals surface area contributed by atoms with Crippen molar-refractivity contribution in [2.24, 2.45) is 12.5 Å². The van der Waals surface area contributed by atoms with Crippen molar-refractivity contribution >= 4 is 11.9 Å². The summed E-state index contributed by atoms with van der Waals surface area (Å²) in [5.41, 5.74) is 0.583. The molecule has 20 heavy (non-hydrogen) atoms. The van der Waals surface area contributed by atoms with Crippen LogP contribution in [0.4, 0.5) is 0 Å². The van der Waals surface area contributed by atoms with Gasteiger partial charge in [0.1, 0.15) is 0 Å². The van der Waals surface area contributed by atoms with Gasteiger partial charge in [0.25, 0.3) is 0 Å². The van der Waals surface area contributed by atoms with E-state index >= 15 is 0 Å². The molecule has 1 aliphatic carbocycles. The van der Waals surface area contributed by atoms with Crippen LogP contribution in [0, 0.1) is 5.41 Å². The van der Waals surface area contributed by atoms with Gasteiger partial charge >= 0.3 is 5.97 Å². The molecule has 0 radical (unpaired) electrons. The molecule has 2 rings (SSSR count). The van der Waals surface area contributed by atoms with E-state index in [0.717, 1.165) is 31.4 Å². The Morgan fingerprint density at radius 1 is 1.40 bits per heavy atom. The molecule has 1 aromatic rings. The number of aryl methyl sites for hydroxylation is 1. The fourth-order valence-electron chi connectivity index (χ4n) is 3.03. The second-order valence-electron chi connectivity index (χ2n) is 5.68. The normalized spacial score (nSPS) is 17.1. The van der Waals surface area contributed by atoms with Gasteiger partial charge in [-0.2, -0.15) is 5.10 Å². The Hall–Kier alpha value is -1.85. The van der Waals surface area contributed by atoms with Gasteiger partial charge in [-0.05, 0) is 24.3 Å². The molecule has 0 unspecified atom stereocenters. The first kappa shape index (κ1) is 14.6. The maximum atomic E-state index is 12.1. The summed E-state index contributed by atoms with van der Waals surface area (Å²) in [6.07, 6.45) is 5.77. The van der Waals surface area contributed by atoms with Gasteiger partial charge in [0.2, 0.25) is 5.91 Å². The number of nitrogens with one attached hydrogen (secondary N) is 1. The molecule has 0 bridgehead atoms. The highest BCUT2D eigenvalue weighted by molar-refractivity contribution is 5.78. The summed E-state index contributed by atoms with van der Waals surface area (Å²) in [4.78, 5) is 23.0. The fourth-order valence-corrected chi connectivity index (χ4v) is 3.03. The molecule has 1 fully saturated rings. The Balaban J connectivity index is 1.89. The molecule has 2 N–H and O–H groups in total. The first-order chi connectivity index (χ1) is 9.51. The van der Waals surface area contributed by atoms with Gasteiger partial charge in [0, 0.05) is 19.7 Å². The summed E-state index contributed by atoms with van der Waals surface area (Å²) in [6, 6.07) is 1.85. The predicted molar refractivity (Wildman–Crippen MR) is 72.8 cm³/mol. The number of amides is 1. The minimum absolute atomic E-state index is 0.0747. The monoisotopic (exact) mass is 279 g/mol. The van der Waals surface area contributed by atoms with Crippen molar-refractivity contribution in [3.63, 3.8) is 0 Å². The molecule has 1 aromatic heterocycles. The average Bonchev–Trinajstić information content (AvgIpc) is 2.96. The van der Waals surface area contributed by atoms with Crippen LogP contribution in [0.25, 0.3) is 0 Å². The number of hydrogen-bond acceptors (Lipinski definition) is 3. The Morgan fingerprint density at radius 3 is 2.65 bits per heavy atom. The summed E-state index contributed by atoms with van der Waals surface area (Å²) in [7, 11) is 1.82. The molecule has 0 spiro atoms. The Bertz CT molecular complexity index is 490. The van der Waals surface area contributed by atoms with Crippen LogP contribution < -0.4 is 5.32 Å². The number of carboxylic acid groups (broad SMARTS) is 1. The summed E-state index contributed by atoms with van der Waals surface area (Å²) >= 11 is 0. The van der Waals surface area contributed by atoms with Crippen LogP contribution in [0.5, 0.6) is 0 Å². The maximum Gasteiger partial charge on any atom is 0.303 e. The number of carbonyl (C=O) groups excluding carboxylic acids is 1. The topological polar surface area (TPSA) is 84.2 Å². The Morgan fingerprint density at radius 2 is 2.10 bits per heavy atom. The second-order valence-corrected chi connectivity index (χ2v) is 5.68. The minimum atomic E-state index is -0.814. The van der Waals surface area contributed by atoms with Crippen LogP contribution in [0.2, 0.25) is 0 Å². The lowest BCUT2D eigenvalue weighted by Crippen LogP contribution is -2.32. The van der Waals surface area contributed by atoms with Gasteiger partial charge < -0.3 is 10.4 Å². The third-order valence-corrected chi connectivity index (χ3v) is 4.12. The molecule has 1 amide bonds. The van der Waals surface area contributed by atoms with Crippen molar-refractivity contribution in [2.75, 3.05) is 0 Å². The number of hydrogen-bond donors (Lipinski definition) is 2. The second kappa shape index (κ2) is 6.07. The standard InChI is InChI=1S/C14H21N3O3/c1-17-11(4-7-16-17)10-15-12(18)8-14(9-13(19)20)5-2-3-6-14/h4,7H,2-3,5-6,8-10H2,1H3,(H,15,18)(H,19,20). The number of aliphatic carboxylic acids is 1. The van der Waals surface area contributed by atoms with Crippen molar-refractivity contribution in [1.82, 2.24) is 15.1 Å². The Kier molecular flexibility index (Phi) is 4.42. The Labute approximate surface area is 118 Å². The number of rotatable bonds is 6. The molecule has 0 atom stereocenters. The molecule has 1 saturated carbocycles. The van der Waals surface area contributed by atoms with E-state index in [9.17, 15) is 9.59 Å². The summed E-state index contributed by atoms with van der Waals surface area (Å²) in [6.45, 7) is 0.429. The minimum Gasteiger partial charge on any atom is -0.481 e. The van der Waals surface area contributed by atoms with Crippen molar-refractivity contribution in [1.29, 1.82) is 0 Å². The van der Waals surface area contributed by atoms with Crippen molar-refractivity contribution in [3.8, 4) is 0 Å². The lowest BCUT2D eigenvalue weighted by molar-refractivity contribution is -0.140. The summed E-state index contributed by atoms with van der Waals surface area (Å²) < 4.78 is 1.71. The number of carbonyl (C=O) groups is 2. The zero-order valence-electron chi connectivity index (χ0n) is 11.8. The largest absolute Gasteiger partial charge is 0.481 e. The number of aromatic nitrogens is 2. The van der Waals surface area contributed by atoms with Gasteiger partial charge in [0.15, 0.2) is 0 Å². The first-order valence-corrected chi connectivity index (χ1v) is 6.96. The van der Waals surface area contributed by atoms with Crippen LogP contribution in [0.3, 0.4) is 0 Å². The van der Waals surface area contributed by atoms with E-state index in [2.05, 4.69) is 10.4 Å². The molecular formula is C14H21N3O3. The van der Waals surface area contributed by atoms with Crippen molar-refractivity contribution in [3.05, 3.63) is 18.0 Å². The smallest absolute Gasteiger partial charge is 0.303 e. The van der Waals surface area contributed by atoms with Crippen LogP contribution >= 0.6 is 0 Å². The van der Waals surface area contributed by atoms with Gasteiger partial charge in [-0.25, -0.2) is 0 Å². The highest BCUT2D eigenvalue weighted by atomic mass is 16.4. The molecule has 1 aliphatic rings. The van der Waals surface area contributed by atoms with Gasteiger partial charge in [0.05, 0.1) is 18.7 Å². The SMILES string of the molecule is Cn1nccc1CNC(=O)CC1(CC(=O)O)CCCC1. The highest BCUT2D eigenvalue weighted by Crippen LogP contribution is 2.43. The zero-order valence-corrected chi connectivity index (χ0v) is 11.8. The quantitative estimate of drug-likeness (QED) is 0.825. The van der Waals surface area contributed by atoms with Gasteiger partial charge in [-0.15, -0.1) is 0 Å². The van der Waals surface area contributed by atoms with E-state index in [4.69, 9.17) is 5.11 Å². The molecule has 0 saturated heterocycles. The van der Waals surface area contributed by atoms with Gasteiger partial charge in [-0.1, -0.05) is 12.8 Å². The third kappa shape index (κ3) is 3.59.